The molecule has 0 aromatic carbocycles. The van der Waals surface area contributed by atoms with Crippen LogP contribution >= 0.6 is 35.3 Å². The third kappa shape index (κ3) is 4.46. The van der Waals surface area contributed by atoms with Crippen LogP contribution in [0.15, 0.2) is 22.4 Å². The number of hydrogen-bond donors (Lipinski definition) is 1. The minimum atomic E-state index is -0.0467. The average Bonchev–Trinajstić information content (AvgIpc) is 3.27. The topological polar surface area (TPSA) is 49.4 Å². The van der Waals surface area contributed by atoms with Gasteiger partial charge < -0.3 is 5.32 Å². The van der Waals surface area contributed by atoms with Crippen LogP contribution in [0, 0.1) is 0 Å². The average molecular weight is 381 g/mol. The zero-order valence-electron chi connectivity index (χ0n) is 13.3. The molecule has 2 fully saturated rings. The minimum Gasteiger partial charge on any atom is -0.353 e. The maximum Gasteiger partial charge on any atom is 0.266 e. The fourth-order valence-electron chi connectivity index (χ4n) is 2.96. The van der Waals surface area contributed by atoms with Crippen molar-refractivity contribution in [3.63, 3.8) is 0 Å². The largest absolute Gasteiger partial charge is 0.353 e. The van der Waals surface area contributed by atoms with Gasteiger partial charge in [-0.3, -0.25) is 14.5 Å². The van der Waals surface area contributed by atoms with Gasteiger partial charge >= 0.3 is 0 Å². The van der Waals surface area contributed by atoms with Gasteiger partial charge in [-0.05, 0) is 36.8 Å². The van der Waals surface area contributed by atoms with Crippen molar-refractivity contribution in [1.29, 1.82) is 0 Å². The van der Waals surface area contributed by atoms with Crippen LogP contribution in [0.1, 0.15) is 43.4 Å². The van der Waals surface area contributed by atoms with Crippen LogP contribution in [0.5, 0.6) is 0 Å². The van der Waals surface area contributed by atoms with Crippen LogP contribution in [0.4, 0.5) is 0 Å². The first-order valence-corrected chi connectivity index (χ1v) is 10.3. The first-order chi connectivity index (χ1) is 11.6. The molecule has 1 aromatic rings. The third-order valence-electron chi connectivity index (χ3n) is 4.20. The summed E-state index contributed by atoms with van der Waals surface area (Å²) in [5, 5.41) is 5.06. The summed E-state index contributed by atoms with van der Waals surface area (Å²) < 4.78 is 0.582. The van der Waals surface area contributed by atoms with E-state index in [-0.39, 0.29) is 11.8 Å². The predicted molar refractivity (Wildman–Crippen MR) is 104 cm³/mol. The molecule has 128 valence electrons. The summed E-state index contributed by atoms with van der Waals surface area (Å²) in [5.41, 5.74) is 0. The molecule has 24 heavy (non-hydrogen) atoms. The first kappa shape index (κ1) is 17.6. The molecule has 1 aliphatic carbocycles. The molecule has 0 spiro atoms. The zero-order valence-corrected chi connectivity index (χ0v) is 15.8. The smallest absolute Gasteiger partial charge is 0.266 e. The van der Waals surface area contributed by atoms with Gasteiger partial charge in [-0.15, -0.1) is 11.3 Å². The molecule has 1 N–H and O–H groups in total. The molecular formula is C17H20N2O2S3. The molecule has 1 saturated heterocycles. The standard InChI is InChI=1S/C17H20N2O2S3/c20-15(18-12-5-1-2-6-12)8-3-9-19-16(21)14(24-17(19)22)11-13-7-4-10-23-13/h4,7,10-12H,1-3,5-6,8-9H2,(H,18,20). The number of carbonyl (C=O) groups is 2. The Hall–Kier alpha value is -1.18. The Morgan fingerprint density at radius 2 is 2.21 bits per heavy atom. The molecule has 2 aliphatic rings. The van der Waals surface area contributed by atoms with E-state index in [4.69, 9.17) is 12.2 Å². The van der Waals surface area contributed by atoms with E-state index in [9.17, 15) is 9.59 Å². The Labute approximate surface area is 155 Å². The molecule has 0 radical (unpaired) electrons. The first-order valence-electron chi connectivity index (χ1n) is 8.22. The highest BCUT2D eigenvalue weighted by atomic mass is 32.2. The molecule has 1 aliphatic heterocycles. The second-order valence-corrected chi connectivity index (χ2v) is 8.66. The Kier molecular flexibility index (Phi) is 6.08. The molecule has 2 amide bonds. The fourth-order valence-corrected chi connectivity index (χ4v) is 4.99. The van der Waals surface area contributed by atoms with Gasteiger partial charge in [-0.1, -0.05) is 42.9 Å². The maximum atomic E-state index is 12.4. The van der Waals surface area contributed by atoms with Crippen molar-refractivity contribution < 1.29 is 9.59 Å². The van der Waals surface area contributed by atoms with E-state index in [2.05, 4.69) is 5.32 Å². The van der Waals surface area contributed by atoms with Crippen molar-refractivity contribution in [3.05, 3.63) is 27.3 Å². The summed E-state index contributed by atoms with van der Waals surface area (Å²) in [4.78, 5) is 27.7. The van der Waals surface area contributed by atoms with Crippen LogP contribution in [0.2, 0.25) is 0 Å². The lowest BCUT2D eigenvalue weighted by atomic mass is 10.2. The van der Waals surface area contributed by atoms with Gasteiger partial charge in [0.25, 0.3) is 5.91 Å². The van der Waals surface area contributed by atoms with Crippen LogP contribution in [-0.4, -0.2) is 33.6 Å². The summed E-state index contributed by atoms with van der Waals surface area (Å²) in [5.74, 6) is 0.0380. The van der Waals surface area contributed by atoms with Gasteiger partial charge in [0.05, 0.1) is 4.91 Å². The van der Waals surface area contributed by atoms with Crippen molar-refractivity contribution >= 4 is 57.5 Å². The van der Waals surface area contributed by atoms with Crippen molar-refractivity contribution in [1.82, 2.24) is 10.2 Å². The van der Waals surface area contributed by atoms with Crippen LogP contribution < -0.4 is 5.32 Å². The Bertz CT molecular complexity index is 649. The summed E-state index contributed by atoms with van der Waals surface area (Å²) in [7, 11) is 0. The van der Waals surface area contributed by atoms with Gasteiger partial charge in [0.15, 0.2) is 0 Å². The molecule has 1 aromatic heterocycles. The minimum absolute atomic E-state index is 0.0467. The highest BCUT2D eigenvalue weighted by Gasteiger charge is 2.31. The lowest BCUT2D eigenvalue weighted by Crippen LogP contribution is -2.34. The predicted octanol–water partition coefficient (Wildman–Crippen LogP) is 3.79. The number of thioether (sulfide) groups is 1. The molecule has 4 nitrogen and oxygen atoms in total. The van der Waals surface area contributed by atoms with Gasteiger partial charge in [0.1, 0.15) is 4.32 Å². The maximum absolute atomic E-state index is 12.4. The molecule has 7 heteroatoms. The Morgan fingerprint density at radius 1 is 1.42 bits per heavy atom. The highest BCUT2D eigenvalue weighted by molar-refractivity contribution is 8.26. The molecule has 0 bridgehead atoms. The second kappa shape index (κ2) is 8.27. The lowest BCUT2D eigenvalue weighted by molar-refractivity contribution is -0.124. The Balaban J connectivity index is 1.47. The van der Waals surface area contributed by atoms with Crippen molar-refractivity contribution in [2.75, 3.05) is 6.54 Å². The highest BCUT2D eigenvalue weighted by Crippen LogP contribution is 2.33. The monoisotopic (exact) mass is 380 g/mol. The number of hydrogen-bond acceptors (Lipinski definition) is 5. The van der Waals surface area contributed by atoms with E-state index in [1.54, 1.807) is 16.2 Å². The van der Waals surface area contributed by atoms with E-state index in [0.29, 0.717) is 34.7 Å². The normalized spacial score (nSPS) is 20.3. The second-order valence-electron chi connectivity index (χ2n) is 6.00. The summed E-state index contributed by atoms with van der Waals surface area (Å²) >= 11 is 8.25. The molecule has 2 heterocycles. The number of nitrogens with zero attached hydrogens (tertiary/aromatic N) is 1. The number of amides is 2. The third-order valence-corrected chi connectivity index (χ3v) is 6.39. The van der Waals surface area contributed by atoms with Gasteiger partial charge in [-0.2, -0.15) is 0 Å². The number of thiocarbonyl (C=S) groups is 1. The number of thiophene rings is 1. The van der Waals surface area contributed by atoms with Crippen molar-refractivity contribution in [2.24, 2.45) is 0 Å². The van der Waals surface area contributed by atoms with E-state index >= 15 is 0 Å². The van der Waals surface area contributed by atoms with E-state index < -0.39 is 0 Å². The number of nitrogens with one attached hydrogen (secondary N) is 1. The summed E-state index contributed by atoms with van der Waals surface area (Å²) in [6.45, 7) is 0.504. The van der Waals surface area contributed by atoms with Crippen molar-refractivity contribution in [2.45, 2.75) is 44.6 Å². The van der Waals surface area contributed by atoms with Gasteiger partial charge in [0, 0.05) is 23.9 Å². The number of rotatable bonds is 6. The van der Waals surface area contributed by atoms with E-state index in [0.717, 1.165) is 17.7 Å². The van der Waals surface area contributed by atoms with Crippen molar-refractivity contribution in [3.8, 4) is 0 Å². The van der Waals surface area contributed by atoms with E-state index in [1.165, 1.54) is 24.6 Å². The SMILES string of the molecule is O=C(CCCN1C(=O)C(=Cc2cccs2)SC1=S)NC1CCCC1. The molecule has 3 rings (SSSR count). The fraction of sp³-hybridized carbons (Fsp3) is 0.471. The molecule has 0 unspecified atom stereocenters. The van der Waals surface area contributed by atoms with Crippen LogP contribution in [0.3, 0.4) is 0 Å². The van der Waals surface area contributed by atoms with Gasteiger partial charge in [-0.25, -0.2) is 0 Å². The molecule has 0 atom stereocenters. The Morgan fingerprint density at radius 3 is 2.92 bits per heavy atom. The summed E-state index contributed by atoms with van der Waals surface area (Å²) in [6, 6.07) is 4.29. The van der Waals surface area contributed by atoms with Crippen LogP contribution in [0.25, 0.3) is 6.08 Å². The zero-order chi connectivity index (χ0) is 16.9. The lowest BCUT2D eigenvalue weighted by Gasteiger charge is -2.15. The van der Waals surface area contributed by atoms with Crippen LogP contribution in [-0.2, 0) is 9.59 Å². The molecular weight excluding hydrogens is 360 g/mol. The number of carbonyl (C=O) groups excluding carboxylic acids is 2. The van der Waals surface area contributed by atoms with E-state index in [1.807, 2.05) is 23.6 Å². The quantitative estimate of drug-likeness (QED) is 0.603. The molecule has 1 saturated carbocycles. The summed E-state index contributed by atoms with van der Waals surface area (Å²) in [6.07, 6.45) is 7.56. The van der Waals surface area contributed by atoms with Gasteiger partial charge in [0.2, 0.25) is 5.91 Å².